The molecule has 1 aromatic carbocycles. The third-order valence-corrected chi connectivity index (χ3v) is 3.19. The largest absolute Gasteiger partial charge is 0.370 e. The zero-order valence-corrected chi connectivity index (χ0v) is 13.8. The number of rotatable bonds is 7. The van der Waals surface area contributed by atoms with E-state index in [9.17, 15) is 0 Å². The zero-order chi connectivity index (χ0) is 16.7. The molecule has 120 valence electrons. The Bertz CT molecular complexity index is 690. The zero-order valence-electron chi connectivity index (χ0n) is 13.8. The molecule has 23 heavy (non-hydrogen) atoms. The molecule has 1 heterocycles. The van der Waals surface area contributed by atoms with E-state index in [4.69, 9.17) is 5.26 Å². The fourth-order valence-corrected chi connectivity index (χ4v) is 2.12. The van der Waals surface area contributed by atoms with E-state index in [2.05, 4.69) is 45.7 Å². The lowest BCUT2D eigenvalue weighted by atomic mass is 10.2. The predicted molar refractivity (Wildman–Crippen MR) is 92.9 cm³/mol. The summed E-state index contributed by atoms with van der Waals surface area (Å²) in [4.78, 5) is 11.0. The minimum Gasteiger partial charge on any atom is -0.370 e. The highest BCUT2D eigenvalue weighted by Gasteiger charge is 2.03. The van der Waals surface area contributed by atoms with E-state index in [1.807, 2.05) is 25.1 Å². The molecule has 0 aliphatic rings. The highest BCUT2D eigenvalue weighted by atomic mass is 15.1. The van der Waals surface area contributed by atoms with Crippen LogP contribution in [0.4, 0.5) is 17.5 Å². The van der Waals surface area contributed by atoms with Crippen LogP contribution in [0.5, 0.6) is 0 Å². The van der Waals surface area contributed by atoms with Gasteiger partial charge in [0, 0.05) is 24.0 Å². The van der Waals surface area contributed by atoms with Gasteiger partial charge in [0.1, 0.15) is 5.82 Å². The van der Waals surface area contributed by atoms with E-state index in [1.54, 1.807) is 12.1 Å². The third-order valence-electron chi connectivity index (χ3n) is 3.19. The van der Waals surface area contributed by atoms with Crippen LogP contribution in [0.1, 0.15) is 17.7 Å². The number of aromatic nitrogens is 2. The normalized spacial score (nSPS) is 10.4. The lowest BCUT2D eigenvalue weighted by Crippen LogP contribution is -2.16. The van der Waals surface area contributed by atoms with Gasteiger partial charge in [0.05, 0.1) is 11.6 Å². The summed E-state index contributed by atoms with van der Waals surface area (Å²) < 4.78 is 0. The lowest BCUT2D eigenvalue weighted by Gasteiger charge is -2.12. The first kappa shape index (κ1) is 16.7. The monoisotopic (exact) mass is 310 g/mol. The predicted octanol–water partition coefficient (Wildman–Crippen LogP) is 2.76. The fourth-order valence-electron chi connectivity index (χ4n) is 2.12. The number of anilines is 3. The van der Waals surface area contributed by atoms with Gasteiger partial charge in [-0.2, -0.15) is 10.2 Å². The Morgan fingerprint density at radius 2 is 2.04 bits per heavy atom. The van der Waals surface area contributed by atoms with Gasteiger partial charge in [0.2, 0.25) is 5.95 Å². The molecule has 0 saturated carbocycles. The van der Waals surface area contributed by atoms with Crippen LogP contribution in [0.2, 0.25) is 0 Å². The first-order valence-corrected chi connectivity index (χ1v) is 7.58. The van der Waals surface area contributed by atoms with Crippen LogP contribution in [0.3, 0.4) is 0 Å². The maximum atomic E-state index is 8.95. The Balaban J connectivity index is 2.03. The van der Waals surface area contributed by atoms with E-state index < -0.39 is 0 Å². The highest BCUT2D eigenvalue weighted by Crippen LogP contribution is 2.16. The van der Waals surface area contributed by atoms with Gasteiger partial charge < -0.3 is 15.5 Å². The second kappa shape index (κ2) is 8.11. The summed E-state index contributed by atoms with van der Waals surface area (Å²) in [5.41, 5.74) is 2.28. The second-order valence-corrected chi connectivity index (χ2v) is 5.62. The molecule has 0 amide bonds. The van der Waals surface area contributed by atoms with Gasteiger partial charge >= 0.3 is 0 Å². The van der Waals surface area contributed by atoms with Gasteiger partial charge in [-0.1, -0.05) is 6.07 Å². The van der Waals surface area contributed by atoms with Crippen molar-refractivity contribution >= 4 is 17.5 Å². The molecule has 0 spiro atoms. The van der Waals surface area contributed by atoms with Crippen molar-refractivity contribution in [1.82, 2.24) is 14.9 Å². The van der Waals surface area contributed by atoms with Crippen LogP contribution in [0.15, 0.2) is 30.3 Å². The number of nitrogens with one attached hydrogen (secondary N) is 2. The number of hydrogen-bond acceptors (Lipinski definition) is 6. The Morgan fingerprint density at radius 3 is 2.78 bits per heavy atom. The van der Waals surface area contributed by atoms with Crippen molar-refractivity contribution in [3.8, 4) is 6.07 Å². The van der Waals surface area contributed by atoms with Gasteiger partial charge in [0.25, 0.3) is 0 Å². The highest BCUT2D eigenvalue weighted by molar-refractivity contribution is 5.57. The van der Waals surface area contributed by atoms with Crippen molar-refractivity contribution < 1.29 is 0 Å². The lowest BCUT2D eigenvalue weighted by molar-refractivity contribution is 0.405. The van der Waals surface area contributed by atoms with Crippen LogP contribution in [-0.2, 0) is 0 Å². The summed E-state index contributed by atoms with van der Waals surface area (Å²) in [5.74, 6) is 1.32. The summed E-state index contributed by atoms with van der Waals surface area (Å²) in [6.45, 7) is 3.82. The van der Waals surface area contributed by atoms with Gasteiger partial charge in [-0.15, -0.1) is 0 Å². The number of nitrogens with zero attached hydrogens (tertiary/aromatic N) is 4. The SMILES string of the molecule is Cc1cc(NCCCN(C)C)nc(Nc2cccc(C#N)c2)n1. The van der Waals surface area contributed by atoms with Crippen LogP contribution in [-0.4, -0.2) is 42.1 Å². The summed E-state index contributed by atoms with van der Waals surface area (Å²) in [7, 11) is 4.12. The molecule has 2 aromatic rings. The van der Waals surface area contributed by atoms with Crippen molar-refractivity contribution in [2.45, 2.75) is 13.3 Å². The van der Waals surface area contributed by atoms with Gasteiger partial charge in [-0.3, -0.25) is 0 Å². The minimum absolute atomic E-state index is 0.523. The maximum absolute atomic E-state index is 8.95. The first-order chi connectivity index (χ1) is 11.1. The summed E-state index contributed by atoms with van der Waals surface area (Å²) in [6.07, 6.45) is 1.04. The maximum Gasteiger partial charge on any atom is 0.229 e. The summed E-state index contributed by atoms with van der Waals surface area (Å²) in [5, 5.41) is 15.4. The average molecular weight is 310 g/mol. The number of benzene rings is 1. The van der Waals surface area contributed by atoms with E-state index in [0.29, 0.717) is 11.5 Å². The minimum atomic E-state index is 0.523. The molecule has 0 saturated heterocycles. The third kappa shape index (κ3) is 5.57. The molecule has 6 nitrogen and oxygen atoms in total. The van der Waals surface area contributed by atoms with Crippen molar-refractivity contribution in [2.24, 2.45) is 0 Å². The van der Waals surface area contributed by atoms with Gasteiger partial charge in [0.15, 0.2) is 0 Å². The quantitative estimate of drug-likeness (QED) is 0.766. The fraction of sp³-hybridized carbons (Fsp3) is 0.353. The smallest absolute Gasteiger partial charge is 0.229 e. The molecule has 1 aromatic heterocycles. The Kier molecular flexibility index (Phi) is 5.89. The van der Waals surface area contributed by atoms with Crippen LogP contribution in [0, 0.1) is 18.3 Å². The van der Waals surface area contributed by atoms with Crippen LogP contribution < -0.4 is 10.6 Å². The van der Waals surface area contributed by atoms with Gasteiger partial charge in [-0.25, -0.2) is 4.98 Å². The first-order valence-electron chi connectivity index (χ1n) is 7.58. The summed E-state index contributed by atoms with van der Waals surface area (Å²) in [6, 6.07) is 11.3. The van der Waals surface area contributed by atoms with E-state index >= 15 is 0 Å². The molecule has 0 unspecified atom stereocenters. The topological polar surface area (TPSA) is 76.9 Å². The Morgan fingerprint density at radius 1 is 1.22 bits per heavy atom. The van der Waals surface area contributed by atoms with Gasteiger partial charge in [-0.05, 0) is 52.2 Å². The molecule has 2 rings (SSSR count). The molecule has 0 aliphatic carbocycles. The standard InChI is InChI=1S/C17H22N6/c1-13-10-16(19-8-5-9-23(2)3)22-17(20-13)21-15-7-4-6-14(11-15)12-18/h4,6-7,10-11H,5,8-9H2,1-3H3,(H2,19,20,21,22). The molecule has 0 aliphatic heterocycles. The van der Waals surface area contributed by atoms with E-state index in [0.717, 1.165) is 36.7 Å². The molecule has 2 N–H and O–H groups in total. The Labute approximate surface area is 137 Å². The van der Waals surface area contributed by atoms with Crippen molar-refractivity contribution in [1.29, 1.82) is 5.26 Å². The molecule has 0 atom stereocenters. The Hall–Kier alpha value is -2.65. The van der Waals surface area contributed by atoms with Crippen molar-refractivity contribution in [3.05, 3.63) is 41.6 Å². The van der Waals surface area contributed by atoms with Crippen molar-refractivity contribution in [3.63, 3.8) is 0 Å². The molecule has 0 radical (unpaired) electrons. The van der Waals surface area contributed by atoms with Crippen molar-refractivity contribution in [2.75, 3.05) is 37.8 Å². The molecule has 0 bridgehead atoms. The molecular formula is C17H22N6. The van der Waals surface area contributed by atoms with E-state index in [1.165, 1.54) is 0 Å². The number of aryl methyl sites for hydroxylation is 1. The van der Waals surface area contributed by atoms with Crippen LogP contribution in [0.25, 0.3) is 0 Å². The summed E-state index contributed by atoms with van der Waals surface area (Å²) >= 11 is 0. The molecule has 0 fully saturated rings. The number of nitriles is 1. The molecule has 6 heteroatoms. The second-order valence-electron chi connectivity index (χ2n) is 5.62. The van der Waals surface area contributed by atoms with E-state index in [-0.39, 0.29) is 0 Å². The van der Waals surface area contributed by atoms with Crippen LogP contribution >= 0.6 is 0 Å². The number of hydrogen-bond donors (Lipinski definition) is 2. The molecular weight excluding hydrogens is 288 g/mol. The average Bonchev–Trinajstić information content (AvgIpc) is 2.51.